The number of carbonyl (C=O) groups is 2. The number of hydrogen-bond acceptors (Lipinski definition) is 5. The highest BCUT2D eigenvalue weighted by Gasteiger charge is 2.21. The molecule has 11 heteroatoms. The van der Waals surface area contributed by atoms with Crippen LogP contribution in [-0.2, 0) is 24.3 Å². The fourth-order valence-corrected chi connectivity index (χ4v) is 5.02. The summed E-state index contributed by atoms with van der Waals surface area (Å²) in [6.07, 6.45) is 2.57. The summed E-state index contributed by atoms with van der Waals surface area (Å²) in [5, 5.41) is 3.06. The minimum absolute atomic E-state index is 0.147. The van der Waals surface area contributed by atoms with Crippen molar-refractivity contribution in [3.8, 4) is 0 Å². The zero-order valence-electron chi connectivity index (χ0n) is 17.3. The Labute approximate surface area is 202 Å². The van der Waals surface area contributed by atoms with Crippen LogP contribution in [0.5, 0.6) is 0 Å². The Morgan fingerprint density at radius 2 is 1.59 bits per heavy atom. The highest BCUT2D eigenvalue weighted by molar-refractivity contribution is 7.89. The highest BCUT2D eigenvalue weighted by Crippen LogP contribution is 2.33. The molecule has 32 heavy (non-hydrogen) atoms. The topological polar surface area (TPSA) is 92.8 Å². The SMILES string of the molecule is CCN(CC)S(=O)(=O)c1ccc(C=CC(=O)OCC(=O)Nc2c(Cl)cc(Cl)cc2Cl)cc1. The summed E-state index contributed by atoms with van der Waals surface area (Å²) in [5.41, 5.74) is 0.749. The smallest absolute Gasteiger partial charge is 0.331 e. The number of halogens is 3. The fraction of sp³-hybridized carbons (Fsp3) is 0.238. The van der Waals surface area contributed by atoms with Gasteiger partial charge in [0.2, 0.25) is 10.0 Å². The van der Waals surface area contributed by atoms with E-state index in [1.807, 2.05) is 0 Å². The Morgan fingerprint density at radius 3 is 2.12 bits per heavy atom. The third-order valence-electron chi connectivity index (χ3n) is 4.25. The summed E-state index contributed by atoms with van der Waals surface area (Å²) in [7, 11) is -3.55. The van der Waals surface area contributed by atoms with Crippen LogP contribution in [0.2, 0.25) is 15.1 Å². The Balaban J connectivity index is 1.93. The van der Waals surface area contributed by atoms with Gasteiger partial charge in [0.05, 0.1) is 20.6 Å². The lowest BCUT2D eigenvalue weighted by Gasteiger charge is -2.18. The van der Waals surface area contributed by atoms with Crippen LogP contribution in [0.1, 0.15) is 19.4 Å². The molecule has 0 aliphatic carbocycles. The maximum atomic E-state index is 12.5. The number of amides is 1. The molecule has 0 fully saturated rings. The van der Waals surface area contributed by atoms with Gasteiger partial charge < -0.3 is 10.1 Å². The van der Waals surface area contributed by atoms with Crippen molar-refractivity contribution in [3.63, 3.8) is 0 Å². The Morgan fingerprint density at radius 1 is 1.03 bits per heavy atom. The van der Waals surface area contributed by atoms with E-state index < -0.39 is 28.5 Å². The number of esters is 1. The number of sulfonamides is 1. The molecule has 0 heterocycles. The minimum atomic E-state index is -3.55. The molecule has 0 aliphatic heterocycles. The van der Waals surface area contributed by atoms with Gasteiger partial charge in [-0.3, -0.25) is 4.79 Å². The Hall–Kier alpha value is -2.10. The number of nitrogens with one attached hydrogen (secondary N) is 1. The van der Waals surface area contributed by atoms with Gasteiger partial charge in [-0.2, -0.15) is 4.31 Å². The maximum absolute atomic E-state index is 12.5. The predicted octanol–water partition coefficient (Wildman–Crippen LogP) is 4.87. The normalized spacial score (nSPS) is 11.7. The molecule has 7 nitrogen and oxygen atoms in total. The second-order valence-electron chi connectivity index (χ2n) is 6.39. The molecular formula is C21H21Cl3N2O5S. The summed E-state index contributed by atoms with van der Waals surface area (Å²) >= 11 is 17.8. The second kappa shape index (κ2) is 11.7. The van der Waals surface area contributed by atoms with Crippen molar-refractivity contribution in [2.75, 3.05) is 25.0 Å². The van der Waals surface area contributed by atoms with Gasteiger partial charge in [0.25, 0.3) is 5.91 Å². The monoisotopic (exact) mass is 518 g/mol. The quantitative estimate of drug-likeness (QED) is 0.377. The standard InChI is InChI=1S/C21H21Cl3N2O5S/c1-3-26(4-2)32(29,30)16-8-5-14(6-9-16)7-10-20(28)31-13-19(27)25-21-17(23)11-15(22)12-18(21)24/h5-12H,3-4,13H2,1-2H3,(H,25,27). The summed E-state index contributed by atoms with van der Waals surface area (Å²) in [6.45, 7) is 3.72. The lowest BCUT2D eigenvalue weighted by Crippen LogP contribution is -2.30. The number of rotatable bonds is 9. The average Bonchev–Trinajstić information content (AvgIpc) is 2.74. The number of hydrogen-bond donors (Lipinski definition) is 1. The van der Waals surface area contributed by atoms with Gasteiger partial charge in [-0.05, 0) is 35.9 Å². The van der Waals surface area contributed by atoms with E-state index in [0.717, 1.165) is 6.08 Å². The third kappa shape index (κ3) is 6.95. The van der Waals surface area contributed by atoms with Gasteiger partial charge in [-0.25, -0.2) is 13.2 Å². The second-order valence-corrected chi connectivity index (χ2v) is 9.58. The van der Waals surface area contributed by atoms with E-state index in [2.05, 4.69) is 5.32 Å². The number of benzene rings is 2. The van der Waals surface area contributed by atoms with Crippen molar-refractivity contribution in [2.45, 2.75) is 18.7 Å². The molecule has 1 amide bonds. The van der Waals surface area contributed by atoms with Crippen LogP contribution in [0.4, 0.5) is 5.69 Å². The molecule has 0 spiro atoms. The number of nitrogens with zero attached hydrogens (tertiary/aromatic N) is 1. The van der Waals surface area contributed by atoms with Crippen molar-refractivity contribution in [2.24, 2.45) is 0 Å². The molecule has 0 bridgehead atoms. The first-order valence-electron chi connectivity index (χ1n) is 9.47. The van der Waals surface area contributed by atoms with Crippen molar-refractivity contribution in [3.05, 3.63) is 63.1 Å². The largest absolute Gasteiger partial charge is 0.452 e. The van der Waals surface area contributed by atoms with Crippen LogP contribution in [0.25, 0.3) is 6.08 Å². The van der Waals surface area contributed by atoms with Crippen molar-refractivity contribution >= 4 is 68.5 Å². The number of carbonyl (C=O) groups excluding carboxylic acids is 2. The maximum Gasteiger partial charge on any atom is 0.331 e. The molecule has 2 aromatic rings. The third-order valence-corrected chi connectivity index (χ3v) is 7.13. The average molecular weight is 520 g/mol. The molecule has 0 aliphatic rings. The molecule has 0 atom stereocenters. The zero-order valence-corrected chi connectivity index (χ0v) is 20.4. The number of anilines is 1. The molecule has 172 valence electrons. The predicted molar refractivity (Wildman–Crippen MR) is 127 cm³/mol. The van der Waals surface area contributed by atoms with Gasteiger partial charge in [0, 0.05) is 24.2 Å². The number of ether oxygens (including phenoxy) is 1. The first-order valence-corrected chi connectivity index (χ1v) is 12.0. The molecule has 0 radical (unpaired) electrons. The zero-order chi connectivity index (χ0) is 23.9. The lowest BCUT2D eigenvalue weighted by atomic mass is 10.2. The Bertz CT molecular complexity index is 1090. The summed E-state index contributed by atoms with van der Waals surface area (Å²) in [6, 6.07) is 8.89. The van der Waals surface area contributed by atoms with Crippen LogP contribution in [0.3, 0.4) is 0 Å². The molecule has 0 saturated carbocycles. The van der Waals surface area contributed by atoms with Crippen molar-refractivity contribution < 1.29 is 22.7 Å². The van der Waals surface area contributed by atoms with E-state index in [1.54, 1.807) is 26.0 Å². The van der Waals surface area contributed by atoms with Gasteiger partial charge >= 0.3 is 5.97 Å². The van der Waals surface area contributed by atoms with Crippen LogP contribution in [0, 0.1) is 0 Å². The van der Waals surface area contributed by atoms with Crippen molar-refractivity contribution in [1.82, 2.24) is 4.31 Å². The molecular weight excluding hydrogens is 499 g/mol. The van der Waals surface area contributed by atoms with Crippen molar-refractivity contribution in [1.29, 1.82) is 0 Å². The van der Waals surface area contributed by atoms with Gasteiger partial charge in [0.15, 0.2) is 6.61 Å². The molecule has 0 saturated heterocycles. The molecule has 2 aromatic carbocycles. The lowest BCUT2D eigenvalue weighted by molar-refractivity contribution is -0.142. The summed E-state index contributed by atoms with van der Waals surface area (Å²) in [5.74, 6) is -1.39. The van der Waals surface area contributed by atoms with E-state index in [0.29, 0.717) is 23.7 Å². The van der Waals surface area contributed by atoms with Gasteiger partial charge in [0.1, 0.15) is 0 Å². The van der Waals surface area contributed by atoms with E-state index in [1.165, 1.54) is 34.6 Å². The first kappa shape index (κ1) is 26.2. The van der Waals surface area contributed by atoms with Crippen LogP contribution in [-0.4, -0.2) is 44.3 Å². The van der Waals surface area contributed by atoms with Gasteiger partial charge in [-0.1, -0.05) is 60.8 Å². The summed E-state index contributed by atoms with van der Waals surface area (Å²) in [4.78, 5) is 24.0. The van der Waals surface area contributed by atoms with E-state index in [4.69, 9.17) is 39.5 Å². The van der Waals surface area contributed by atoms with Crippen LogP contribution < -0.4 is 5.32 Å². The Kier molecular flexibility index (Phi) is 9.54. The molecule has 0 aromatic heterocycles. The van der Waals surface area contributed by atoms with Gasteiger partial charge in [-0.15, -0.1) is 0 Å². The van der Waals surface area contributed by atoms with Crippen LogP contribution in [0.15, 0.2) is 47.4 Å². The molecule has 2 rings (SSSR count). The van der Waals surface area contributed by atoms with E-state index >= 15 is 0 Å². The van der Waals surface area contributed by atoms with E-state index in [-0.39, 0.29) is 20.6 Å². The fourth-order valence-electron chi connectivity index (χ4n) is 2.65. The summed E-state index contributed by atoms with van der Waals surface area (Å²) < 4.78 is 31.2. The molecule has 0 unspecified atom stereocenters. The highest BCUT2D eigenvalue weighted by atomic mass is 35.5. The van der Waals surface area contributed by atoms with E-state index in [9.17, 15) is 18.0 Å². The first-order chi connectivity index (χ1) is 15.1. The van der Waals surface area contributed by atoms with Crippen LogP contribution >= 0.6 is 34.8 Å². The minimum Gasteiger partial charge on any atom is -0.452 e. The molecule has 1 N–H and O–H groups in total.